The van der Waals surface area contributed by atoms with Gasteiger partial charge in [0.1, 0.15) is 18.4 Å². The molecule has 2 aliphatic rings. The Morgan fingerprint density at radius 3 is 2.23 bits per heavy atom. The lowest BCUT2D eigenvalue weighted by Crippen LogP contribution is -2.51. The van der Waals surface area contributed by atoms with E-state index < -0.39 is 46.4 Å². The first-order valence-electron chi connectivity index (χ1n) is 9.90. The number of rotatable bonds is 5. The molecule has 0 spiro atoms. The highest BCUT2D eigenvalue weighted by atomic mass is 32.2. The Hall–Kier alpha value is -2.21. The number of alkyl halides is 3. The number of halogens is 4. The summed E-state index contributed by atoms with van der Waals surface area (Å²) in [6.07, 6.45) is -3.29. The second kappa shape index (κ2) is 9.11. The average Bonchev–Trinajstić information content (AvgIpc) is 3.21. The van der Waals surface area contributed by atoms with Gasteiger partial charge in [-0.2, -0.15) is 17.5 Å². The monoisotopic (exact) mass is 465 g/mol. The number of carbonyl (C=O) groups excluding carboxylic acids is 2. The van der Waals surface area contributed by atoms with Gasteiger partial charge in [-0.15, -0.1) is 0 Å². The van der Waals surface area contributed by atoms with Crippen LogP contribution in [-0.4, -0.2) is 67.8 Å². The van der Waals surface area contributed by atoms with Gasteiger partial charge in [-0.3, -0.25) is 9.59 Å². The Bertz CT molecular complexity index is 913. The van der Waals surface area contributed by atoms with Gasteiger partial charge >= 0.3 is 6.18 Å². The maximum atomic E-state index is 13.1. The fourth-order valence-electron chi connectivity index (χ4n) is 3.94. The van der Waals surface area contributed by atoms with Crippen molar-refractivity contribution in [2.75, 3.05) is 26.2 Å². The van der Waals surface area contributed by atoms with Gasteiger partial charge in [-0.25, -0.2) is 12.8 Å². The van der Waals surface area contributed by atoms with Crippen molar-refractivity contribution in [1.82, 2.24) is 14.5 Å². The van der Waals surface area contributed by atoms with Crippen LogP contribution in [0, 0.1) is 11.7 Å². The number of likely N-dealkylation sites (tertiary alicyclic amines) is 1. The van der Waals surface area contributed by atoms with Crippen molar-refractivity contribution in [2.24, 2.45) is 5.92 Å². The molecule has 172 valence electrons. The van der Waals surface area contributed by atoms with E-state index in [1.807, 2.05) is 5.32 Å². The molecule has 1 atom stereocenters. The van der Waals surface area contributed by atoms with Gasteiger partial charge in [0, 0.05) is 25.6 Å². The molecule has 2 aliphatic heterocycles. The minimum atomic E-state index is -4.54. The largest absolute Gasteiger partial charge is 0.405 e. The minimum absolute atomic E-state index is 0.0420. The molecule has 0 saturated carbocycles. The van der Waals surface area contributed by atoms with Crippen LogP contribution in [0.15, 0.2) is 29.2 Å². The summed E-state index contributed by atoms with van der Waals surface area (Å²) in [5, 5.41) is 1.83. The number of piperidine rings is 1. The Morgan fingerprint density at radius 1 is 1.03 bits per heavy atom. The van der Waals surface area contributed by atoms with Crippen molar-refractivity contribution in [2.45, 2.75) is 42.8 Å². The number of carbonyl (C=O) groups is 2. The van der Waals surface area contributed by atoms with E-state index in [4.69, 9.17) is 0 Å². The number of nitrogens with zero attached hydrogens (tertiary/aromatic N) is 2. The highest BCUT2D eigenvalue weighted by Gasteiger charge is 2.40. The summed E-state index contributed by atoms with van der Waals surface area (Å²) < 4.78 is 76.7. The summed E-state index contributed by atoms with van der Waals surface area (Å²) in [5.74, 6) is -2.25. The number of hydrogen-bond donors (Lipinski definition) is 1. The molecule has 12 heteroatoms. The van der Waals surface area contributed by atoms with Gasteiger partial charge in [-0.05, 0) is 49.9 Å². The quantitative estimate of drug-likeness (QED) is 0.673. The van der Waals surface area contributed by atoms with Gasteiger partial charge in [0.05, 0.1) is 4.90 Å². The van der Waals surface area contributed by atoms with Gasteiger partial charge < -0.3 is 10.2 Å². The molecular formula is C19H23F4N3O4S. The minimum Gasteiger partial charge on any atom is -0.345 e. The van der Waals surface area contributed by atoms with Gasteiger partial charge in [-0.1, -0.05) is 0 Å². The zero-order chi connectivity index (χ0) is 22.8. The predicted molar refractivity (Wildman–Crippen MR) is 102 cm³/mol. The van der Waals surface area contributed by atoms with Crippen LogP contribution in [0.2, 0.25) is 0 Å². The molecule has 0 aliphatic carbocycles. The summed E-state index contributed by atoms with van der Waals surface area (Å²) >= 11 is 0. The van der Waals surface area contributed by atoms with E-state index in [1.54, 1.807) is 0 Å². The van der Waals surface area contributed by atoms with Crippen LogP contribution in [-0.2, 0) is 19.6 Å². The Labute approximate surface area is 177 Å². The number of benzene rings is 1. The smallest absolute Gasteiger partial charge is 0.345 e. The fraction of sp³-hybridized carbons (Fsp3) is 0.579. The van der Waals surface area contributed by atoms with Crippen molar-refractivity contribution in [3.05, 3.63) is 30.1 Å². The SMILES string of the molecule is O=C(NCC(F)(F)F)C1CCCN1C(=O)C1CCN(S(=O)(=O)c2ccc(F)cc2)CC1. The van der Waals surface area contributed by atoms with Crippen molar-refractivity contribution in [3.8, 4) is 0 Å². The van der Waals surface area contributed by atoms with E-state index in [9.17, 15) is 35.6 Å². The zero-order valence-electron chi connectivity index (χ0n) is 16.6. The van der Waals surface area contributed by atoms with Crippen LogP contribution in [0.1, 0.15) is 25.7 Å². The van der Waals surface area contributed by atoms with Crippen LogP contribution >= 0.6 is 0 Å². The standard InChI is InChI=1S/C19H23F4N3O4S/c20-14-3-5-15(6-4-14)31(29,30)25-10-7-13(8-11-25)18(28)26-9-1-2-16(26)17(27)24-12-19(21,22)23/h3-6,13,16H,1-2,7-12H2,(H,24,27). The van der Waals surface area contributed by atoms with Crippen molar-refractivity contribution in [3.63, 3.8) is 0 Å². The van der Waals surface area contributed by atoms with Gasteiger partial charge in [0.25, 0.3) is 0 Å². The first-order valence-corrected chi connectivity index (χ1v) is 11.3. The van der Waals surface area contributed by atoms with E-state index in [1.165, 1.54) is 21.3 Å². The van der Waals surface area contributed by atoms with Crippen LogP contribution in [0.25, 0.3) is 0 Å². The highest BCUT2D eigenvalue weighted by Crippen LogP contribution is 2.28. The van der Waals surface area contributed by atoms with Crippen molar-refractivity contribution in [1.29, 1.82) is 0 Å². The lowest BCUT2D eigenvalue weighted by molar-refractivity contribution is -0.146. The van der Waals surface area contributed by atoms with Gasteiger partial charge in [0.2, 0.25) is 21.8 Å². The van der Waals surface area contributed by atoms with Crippen LogP contribution < -0.4 is 5.32 Å². The normalized spacial score (nSPS) is 21.3. The van der Waals surface area contributed by atoms with Crippen molar-refractivity contribution < 1.29 is 35.6 Å². The molecular weight excluding hydrogens is 442 g/mol. The molecule has 31 heavy (non-hydrogen) atoms. The Kier molecular flexibility index (Phi) is 6.89. The maximum Gasteiger partial charge on any atom is 0.405 e. The first kappa shape index (κ1) is 23.5. The van der Waals surface area contributed by atoms with E-state index >= 15 is 0 Å². The Morgan fingerprint density at radius 2 is 1.65 bits per heavy atom. The highest BCUT2D eigenvalue weighted by molar-refractivity contribution is 7.89. The van der Waals surface area contributed by atoms with Crippen LogP contribution in [0.5, 0.6) is 0 Å². The summed E-state index contributed by atoms with van der Waals surface area (Å²) in [4.78, 5) is 26.3. The lowest BCUT2D eigenvalue weighted by atomic mass is 9.96. The maximum absolute atomic E-state index is 13.1. The third kappa shape index (κ3) is 5.53. The molecule has 0 radical (unpaired) electrons. The summed E-state index contributed by atoms with van der Waals surface area (Å²) in [6.45, 7) is -1.02. The van der Waals surface area contributed by atoms with E-state index in [-0.39, 0.29) is 49.7 Å². The second-order valence-electron chi connectivity index (χ2n) is 7.65. The molecule has 2 amide bonds. The Balaban J connectivity index is 1.59. The summed E-state index contributed by atoms with van der Waals surface area (Å²) in [7, 11) is -3.82. The van der Waals surface area contributed by atoms with E-state index in [0.29, 0.717) is 6.42 Å². The first-order chi connectivity index (χ1) is 14.5. The lowest BCUT2D eigenvalue weighted by Gasteiger charge is -2.34. The number of nitrogens with one attached hydrogen (secondary N) is 1. The molecule has 1 aromatic carbocycles. The van der Waals surface area contributed by atoms with Crippen molar-refractivity contribution >= 4 is 21.8 Å². The van der Waals surface area contributed by atoms with Crippen LogP contribution in [0.4, 0.5) is 17.6 Å². The molecule has 1 N–H and O–H groups in total. The third-order valence-electron chi connectivity index (χ3n) is 5.56. The van der Waals surface area contributed by atoms with E-state index in [0.717, 1.165) is 12.1 Å². The molecule has 2 fully saturated rings. The molecule has 2 saturated heterocycles. The fourth-order valence-corrected chi connectivity index (χ4v) is 5.41. The summed E-state index contributed by atoms with van der Waals surface area (Å²) in [6, 6.07) is 3.52. The predicted octanol–water partition coefficient (Wildman–Crippen LogP) is 1.90. The second-order valence-corrected chi connectivity index (χ2v) is 9.59. The number of amides is 2. The zero-order valence-corrected chi connectivity index (χ0v) is 17.4. The average molecular weight is 465 g/mol. The molecule has 0 bridgehead atoms. The number of hydrogen-bond acceptors (Lipinski definition) is 4. The third-order valence-corrected chi connectivity index (χ3v) is 7.47. The topological polar surface area (TPSA) is 86.8 Å². The van der Waals surface area contributed by atoms with E-state index in [2.05, 4.69) is 0 Å². The molecule has 7 nitrogen and oxygen atoms in total. The molecule has 2 heterocycles. The summed E-state index contributed by atoms with van der Waals surface area (Å²) in [5.41, 5.74) is 0. The molecule has 3 rings (SSSR count). The number of sulfonamides is 1. The van der Waals surface area contributed by atoms with Gasteiger partial charge in [0.15, 0.2) is 0 Å². The molecule has 0 aromatic heterocycles. The molecule has 1 aromatic rings. The van der Waals surface area contributed by atoms with Crippen LogP contribution in [0.3, 0.4) is 0 Å². The molecule has 1 unspecified atom stereocenters.